The normalized spacial score (nSPS) is 18.2. The smallest absolute Gasteiger partial charge is 0.335 e. The van der Waals surface area contributed by atoms with Gasteiger partial charge in [0.15, 0.2) is 0 Å². The molecule has 21 heavy (non-hydrogen) atoms. The standard InChI is InChI=1S/C15H19NO5/c17-8-7-16(14(18)12-2-1-9-21-10-12)13-5-3-11(4-6-13)15(19)20/h3-6,12,17H,1-2,7-10H2,(H,19,20). The second kappa shape index (κ2) is 7.19. The number of nitrogens with zero attached hydrogens (tertiary/aromatic N) is 1. The minimum atomic E-state index is -1.01. The number of benzene rings is 1. The van der Waals surface area contributed by atoms with Crippen molar-refractivity contribution in [1.82, 2.24) is 0 Å². The van der Waals surface area contributed by atoms with Crippen LogP contribution in [0.5, 0.6) is 0 Å². The average molecular weight is 293 g/mol. The lowest BCUT2D eigenvalue weighted by Crippen LogP contribution is -2.41. The number of aromatic carboxylic acids is 1. The number of rotatable bonds is 5. The monoisotopic (exact) mass is 293 g/mol. The fourth-order valence-corrected chi connectivity index (χ4v) is 2.41. The molecule has 1 aromatic carbocycles. The highest BCUT2D eigenvalue weighted by molar-refractivity contribution is 5.96. The number of hydrogen-bond acceptors (Lipinski definition) is 4. The van der Waals surface area contributed by atoms with E-state index in [1.54, 1.807) is 12.1 Å². The van der Waals surface area contributed by atoms with Crippen LogP contribution in [0.2, 0.25) is 0 Å². The predicted octanol–water partition coefficient (Wildman–Crippen LogP) is 1.14. The minimum Gasteiger partial charge on any atom is -0.478 e. The molecule has 1 atom stereocenters. The van der Waals surface area contributed by atoms with Gasteiger partial charge in [-0.3, -0.25) is 4.79 Å². The summed E-state index contributed by atoms with van der Waals surface area (Å²) >= 11 is 0. The topological polar surface area (TPSA) is 87.1 Å². The second-order valence-electron chi connectivity index (χ2n) is 4.98. The highest BCUT2D eigenvalue weighted by Crippen LogP contribution is 2.22. The molecule has 1 aromatic rings. The van der Waals surface area contributed by atoms with E-state index < -0.39 is 5.97 Å². The van der Waals surface area contributed by atoms with Crippen LogP contribution in [0.25, 0.3) is 0 Å². The molecule has 6 nitrogen and oxygen atoms in total. The first kappa shape index (κ1) is 15.5. The average Bonchev–Trinajstić information content (AvgIpc) is 2.53. The quantitative estimate of drug-likeness (QED) is 0.850. The first-order chi connectivity index (χ1) is 10.1. The van der Waals surface area contributed by atoms with E-state index in [9.17, 15) is 9.59 Å². The maximum Gasteiger partial charge on any atom is 0.335 e. The van der Waals surface area contributed by atoms with Crippen molar-refractivity contribution in [2.45, 2.75) is 12.8 Å². The first-order valence-corrected chi connectivity index (χ1v) is 6.97. The number of carbonyl (C=O) groups is 2. The summed E-state index contributed by atoms with van der Waals surface area (Å²) < 4.78 is 5.33. The maximum atomic E-state index is 12.5. The molecule has 2 rings (SSSR count). The molecule has 114 valence electrons. The number of hydrogen-bond donors (Lipinski definition) is 2. The van der Waals surface area contributed by atoms with Crippen molar-refractivity contribution < 1.29 is 24.5 Å². The van der Waals surface area contributed by atoms with Crippen LogP contribution in [0.15, 0.2) is 24.3 Å². The van der Waals surface area contributed by atoms with Gasteiger partial charge >= 0.3 is 5.97 Å². The molecular weight excluding hydrogens is 274 g/mol. The Balaban J connectivity index is 2.16. The van der Waals surface area contributed by atoms with Gasteiger partial charge < -0.3 is 19.8 Å². The summed E-state index contributed by atoms with van der Waals surface area (Å²) in [6.07, 6.45) is 1.62. The van der Waals surface area contributed by atoms with E-state index in [1.165, 1.54) is 17.0 Å². The van der Waals surface area contributed by atoms with Gasteiger partial charge in [-0.25, -0.2) is 4.79 Å². The van der Waals surface area contributed by atoms with Crippen molar-refractivity contribution in [1.29, 1.82) is 0 Å². The number of carboxylic acids is 1. The van der Waals surface area contributed by atoms with Crippen LogP contribution in [-0.2, 0) is 9.53 Å². The van der Waals surface area contributed by atoms with E-state index in [-0.39, 0.29) is 30.5 Å². The summed E-state index contributed by atoms with van der Waals surface area (Å²) in [7, 11) is 0. The molecule has 6 heteroatoms. The lowest BCUT2D eigenvalue weighted by molar-refractivity contribution is -0.126. The number of aliphatic hydroxyl groups excluding tert-OH is 1. The molecule has 1 fully saturated rings. The molecule has 0 aliphatic carbocycles. The SMILES string of the molecule is O=C(O)c1ccc(N(CCO)C(=O)C2CCCOC2)cc1. The Morgan fingerprint density at radius 2 is 2.00 bits per heavy atom. The van der Waals surface area contributed by atoms with Crippen molar-refractivity contribution in [3.8, 4) is 0 Å². The van der Waals surface area contributed by atoms with Crippen molar-refractivity contribution in [3.05, 3.63) is 29.8 Å². The van der Waals surface area contributed by atoms with Crippen molar-refractivity contribution in [2.24, 2.45) is 5.92 Å². The Hall–Kier alpha value is -1.92. The summed E-state index contributed by atoms with van der Waals surface area (Å²) in [5.74, 6) is -1.31. The van der Waals surface area contributed by atoms with Gasteiger partial charge in [-0.2, -0.15) is 0 Å². The lowest BCUT2D eigenvalue weighted by Gasteiger charge is -2.29. The fraction of sp³-hybridized carbons (Fsp3) is 0.467. The van der Waals surface area contributed by atoms with E-state index >= 15 is 0 Å². The van der Waals surface area contributed by atoms with E-state index in [1.807, 2.05) is 0 Å². The van der Waals surface area contributed by atoms with Gasteiger partial charge in [0.1, 0.15) is 0 Å². The van der Waals surface area contributed by atoms with Gasteiger partial charge in [0.05, 0.1) is 24.7 Å². The number of amides is 1. The zero-order valence-electron chi connectivity index (χ0n) is 11.7. The number of ether oxygens (including phenoxy) is 1. The van der Waals surface area contributed by atoms with Gasteiger partial charge in [-0.05, 0) is 37.1 Å². The van der Waals surface area contributed by atoms with Gasteiger partial charge in [-0.1, -0.05) is 0 Å². The van der Waals surface area contributed by atoms with Crippen molar-refractivity contribution in [2.75, 3.05) is 31.3 Å². The molecule has 0 spiro atoms. The fourth-order valence-electron chi connectivity index (χ4n) is 2.41. The van der Waals surface area contributed by atoms with Crippen LogP contribution in [0, 0.1) is 5.92 Å². The molecule has 0 radical (unpaired) electrons. The maximum absolute atomic E-state index is 12.5. The minimum absolute atomic E-state index is 0.0909. The van der Waals surface area contributed by atoms with E-state index in [4.69, 9.17) is 14.9 Å². The molecule has 1 amide bonds. The highest BCUT2D eigenvalue weighted by Gasteiger charge is 2.27. The summed E-state index contributed by atoms with van der Waals surface area (Å²) in [5.41, 5.74) is 0.751. The number of carbonyl (C=O) groups excluding carboxylic acids is 1. The van der Waals surface area contributed by atoms with Crippen LogP contribution in [0.1, 0.15) is 23.2 Å². The van der Waals surface area contributed by atoms with Gasteiger partial charge in [0, 0.05) is 18.8 Å². The second-order valence-corrected chi connectivity index (χ2v) is 4.98. The van der Waals surface area contributed by atoms with Gasteiger partial charge in [0.25, 0.3) is 0 Å². The third-order valence-electron chi connectivity index (χ3n) is 3.53. The zero-order chi connectivity index (χ0) is 15.2. The summed E-state index contributed by atoms with van der Waals surface area (Å²) in [4.78, 5) is 24.9. The third-order valence-corrected chi connectivity index (χ3v) is 3.53. The van der Waals surface area contributed by atoms with Crippen molar-refractivity contribution in [3.63, 3.8) is 0 Å². The number of anilines is 1. The van der Waals surface area contributed by atoms with Crippen molar-refractivity contribution >= 4 is 17.6 Å². The number of carboxylic acid groups (broad SMARTS) is 1. The predicted molar refractivity (Wildman–Crippen MR) is 76.4 cm³/mol. The first-order valence-electron chi connectivity index (χ1n) is 6.97. The summed E-state index contributed by atoms with van der Waals surface area (Å²) in [5, 5.41) is 18.1. The summed E-state index contributed by atoms with van der Waals surface area (Å²) in [6.45, 7) is 1.10. The zero-order valence-corrected chi connectivity index (χ0v) is 11.7. The number of aliphatic hydroxyl groups is 1. The summed E-state index contributed by atoms with van der Waals surface area (Å²) in [6, 6.07) is 6.07. The Bertz CT molecular complexity index is 493. The molecule has 1 unspecified atom stereocenters. The largest absolute Gasteiger partial charge is 0.478 e. The molecule has 1 aliphatic heterocycles. The van der Waals surface area contributed by atoms with E-state index in [2.05, 4.69) is 0 Å². The molecule has 1 saturated heterocycles. The molecule has 1 heterocycles. The van der Waals surface area contributed by atoms with Crippen LogP contribution >= 0.6 is 0 Å². The van der Waals surface area contributed by atoms with Crippen LogP contribution in [0.4, 0.5) is 5.69 Å². The Morgan fingerprint density at radius 3 is 2.52 bits per heavy atom. The Kier molecular flexibility index (Phi) is 5.30. The Morgan fingerprint density at radius 1 is 1.29 bits per heavy atom. The third kappa shape index (κ3) is 3.80. The molecule has 0 bridgehead atoms. The highest BCUT2D eigenvalue weighted by atomic mass is 16.5. The van der Waals surface area contributed by atoms with E-state index in [0.717, 1.165) is 12.8 Å². The van der Waals surface area contributed by atoms with Gasteiger partial charge in [0.2, 0.25) is 5.91 Å². The van der Waals surface area contributed by atoms with E-state index in [0.29, 0.717) is 18.9 Å². The molecule has 0 aromatic heterocycles. The molecule has 0 saturated carbocycles. The van der Waals surface area contributed by atoms with Crippen LogP contribution in [0.3, 0.4) is 0 Å². The molecule has 1 aliphatic rings. The van der Waals surface area contributed by atoms with Gasteiger partial charge in [-0.15, -0.1) is 0 Å². The Labute approximate surface area is 122 Å². The lowest BCUT2D eigenvalue weighted by atomic mass is 10.00. The van der Waals surface area contributed by atoms with Crippen LogP contribution < -0.4 is 4.90 Å². The molecular formula is C15H19NO5. The van der Waals surface area contributed by atoms with Crippen LogP contribution in [-0.4, -0.2) is 48.5 Å². The molecule has 2 N–H and O–H groups in total.